The van der Waals surface area contributed by atoms with Crippen molar-refractivity contribution in [2.75, 3.05) is 38.2 Å². The normalized spacial score (nSPS) is 16.5. The molecule has 1 aromatic carbocycles. The number of ether oxygens (including phenoxy) is 3. The van der Waals surface area contributed by atoms with Crippen LogP contribution in [0.2, 0.25) is 0 Å². The maximum Gasteiger partial charge on any atom is 0.319 e. The van der Waals surface area contributed by atoms with Gasteiger partial charge in [-0.3, -0.25) is 24.0 Å². The highest BCUT2D eigenvalue weighted by Gasteiger charge is 2.66. The third-order valence-electron chi connectivity index (χ3n) is 19.2. The zero-order valence-electron chi connectivity index (χ0n) is 50.8. The van der Waals surface area contributed by atoms with Crippen molar-refractivity contribution in [3.05, 3.63) is 24.3 Å². The molecule has 76 heavy (non-hydrogen) atoms. The van der Waals surface area contributed by atoms with E-state index >= 15 is 4.79 Å². The fraction of sp³-hybridized carbons (Fsp3) is 0.776. The molecule has 434 valence electrons. The second-order valence-corrected chi connectivity index (χ2v) is 29.4. The summed E-state index contributed by atoms with van der Waals surface area (Å²) in [5.41, 5.74) is -11.4. The average molecular weight is 1090 g/mol. The molecule has 0 spiro atoms. The van der Waals surface area contributed by atoms with Crippen molar-refractivity contribution in [3.63, 3.8) is 0 Å². The average Bonchev–Trinajstić information content (AvgIpc) is 3.24. The summed E-state index contributed by atoms with van der Waals surface area (Å²) in [7, 11) is -3.95. The number of benzene rings is 1. The number of rotatable bonds is 27. The number of sulfonamides is 1. The van der Waals surface area contributed by atoms with Crippen LogP contribution in [-0.4, -0.2) is 82.2 Å². The number of carboxylic acid groups (broad SMARTS) is 1. The SMILES string of the molecule is CCOC(=O)C(C)(CC(C)(C)C(C)(C)C(C)(CC(C)(C)C)C(=O)O)C(C)(C)C(C)(C)CC(C)(C(=O)OCCNC(=O)Nc1ccc(S(N)(=O)=O)cc1)C(C)(C)C(C)(C)CC(C)(C(=O)OCCNC(=O)CC#N)C(C)(C)C. The van der Waals surface area contributed by atoms with Crippen molar-refractivity contribution in [2.24, 2.45) is 70.1 Å². The van der Waals surface area contributed by atoms with Crippen LogP contribution in [0.25, 0.3) is 0 Å². The fourth-order valence-corrected chi connectivity index (χ4v) is 11.7. The largest absolute Gasteiger partial charge is 0.481 e. The number of esters is 3. The van der Waals surface area contributed by atoms with Gasteiger partial charge in [-0.25, -0.2) is 18.4 Å². The summed E-state index contributed by atoms with van der Waals surface area (Å²) in [5, 5.41) is 33.0. The molecule has 4 atom stereocenters. The summed E-state index contributed by atoms with van der Waals surface area (Å²) in [4.78, 5) is 83.0. The van der Waals surface area contributed by atoms with Crippen molar-refractivity contribution in [1.82, 2.24) is 10.6 Å². The second-order valence-electron chi connectivity index (χ2n) is 27.8. The first-order valence-electron chi connectivity index (χ1n) is 26.4. The number of hydrogen-bond acceptors (Lipinski definition) is 12. The Morgan fingerprint density at radius 1 is 0.566 bits per heavy atom. The zero-order chi connectivity index (χ0) is 60.0. The second kappa shape index (κ2) is 24.1. The summed E-state index contributed by atoms with van der Waals surface area (Å²) in [6.07, 6.45) is 0.585. The van der Waals surface area contributed by atoms with Crippen LogP contribution >= 0.6 is 0 Å². The van der Waals surface area contributed by atoms with Crippen molar-refractivity contribution < 1.29 is 56.5 Å². The predicted octanol–water partition coefficient (Wildman–Crippen LogP) is 11.1. The first kappa shape index (κ1) is 69.3. The Labute approximate surface area is 457 Å². The van der Waals surface area contributed by atoms with Crippen molar-refractivity contribution in [2.45, 2.75) is 196 Å². The van der Waals surface area contributed by atoms with Crippen LogP contribution in [0.5, 0.6) is 0 Å². The molecule has 0 fully saturated rings. The number of primary sulfonamides is 1. The van der Waals surface area contributed by atoms with Gasteiger partial charge in [-0.1, -0.05) is 125 Å². The molecule has 0 radical (unpaired) electrons. The van der Waals surface area contributed by atoms with Gasteiger partial charge < -0.3 is 35.3 Å². The number of amides is 3. The van der Waals surface area contributed by atoms with Crippen LogP contribution in [0, 0.1) is 76.3 Å². The van der Waals surface area contributed by atoms with Crippen LogP contribution in [-0.2, 0) is 48.2 Å². The first-order chi connectivity index (χ1) is 33.9. The van der Waals surface area contributed by atoms with Crippen molar-refractivity contribution in [1.29, 1.82) is 5.26 Å². The summed E-state index contributed by atoms with van der Waals surface area (Å²) < 4.78 is 41.5. The van der Waals surface area contributed by atoms with Gasteiger partial charge >= 0.3 is 29.9 Å². The van der Waals surface area contributed by atoms with Crippen LogP contribution in [0.3, 0.4) is 0 Å². The molecule has 17 nitrogen and oxygen atoms in total. The van der Waals surface area contributed by atoms with Crippen LogP contribution in [0.15, 0.2) is 29.2 Å². The Kier molecular flexibility index (Phi) is 21.9. The molecular formula is C58H99N5O12S. The standard InChI is InChI=1S/C58H99N5O12S/c1-24-73-44(68)57(22,37-50(10,11)52(14,15)55(20,42(65)66)35-47(2,3)4)54(18,19)51(12,13)38-58(23,45(69)75-34-32-62-46(70)63-39-25-27-40(28-26-39)76(60,71)72)53(16,17)49(8,9)36-56(21,48(5,6)7)43(67)74-33-31-61-41(64)29-30-59/h25-28H,24,29,31-38H2,1-23H3,(H,61,64)(H,65,66)(H2,60,71,72)(H2,62,63,70). The molecule has 1 rings (SSSR count). The molecule has 3 amide bonds. The number of hydrogen-bond donors (Lipinski definition) is 5. The van der Waals surface area contributed by atoms with Gasteiger partial charge in [0.1, 0.15) is 19.6 Å². The molecule has 1 aromatic rings. The third-order valence-corrected chi connectivity index (χ3v) is 20.1. The quantitative estimate of drug-likeness (QED) is 0.0312. The molecule has 0 saturated carbocycles. The number of nitrogens with zero attached hydrogens (tertiary/aromatic N) is 1. The third kappa shape index (κ3) is 15.1. The van der Waals surface area contributed by atoms with Crippen LogP contribution in [0.1, 0.15) is 191 Å². The van der Waals surface area contributed by atoms with E-state index in [2.05, 4.69) is 16.0 Å². The van der Waals surface area contributed by atoms with E-state index in [9.17, 15) is 37.5 Å². The Bertz CT molecular complexity index is 2410. The number of carbonyl (C=O) groups excluding carboxylic acids is 5. The maximum atomic E-state index is 15.4. The maximum absolute atomic E-state index is 15.4. The molecule has 18 heteroatoms. The van der Waals surface area contributed by atoms with E-state index in [-0.39, 0.29) is 68.9 Å². The number of carboxylic acids is 1. The smallest absolute Gasteiger partial charge is 0.319 e. The van der Waals surface area contributed by atoms with Gasteiger partial charge in [0.25, 0.3) is 0 Å². The fourth-order valence-electron chi connectivity index (χ4n) is 11.2. The lowest BCUT2D eigenvalue weighted by Crippen LogP contribution is -2.60. The van der Waals surface area contributed by atoms with E-state index in [0.717, 1.165) is 0 Å². The Morgan fingerprint density at radius 2 is 0.934 bits per heavy atom. The van der Waals surface area contributed by atoms with Gasteiger partial charge in [0.05, 0.1) is 52.3 Å². The molecule has 0 heterocycles. The van der Waals surface area contributed by atoms with Crippen molar-refractivity contribution in [3.8, 4) is 6.07 Å². The van der Waals surface area contributed by atoms with E-state index in [1.165, 1.54) is 24.3 Å². The monoisotopic (exact) mass is 1090 g/mol. The highest BCUT2D eigenvalue weighted by atomic mass is 32.2. The molecule has 0 saturated heterocycles. The topological polar surface area (TPSA) is 270 Å². The lowest BCUT2D eigenvalue weighted by Gasteiger charge is -2.61. The Balaban J connectivity index is 4.10. The number of nitriles is 1. The summed E-state index contributed by atoms with van der Waals surface area (Å²) in [6, 6.07) is 6.43. The van der Waals surface area contributed by atoms with E-state index in [1.807, 2.05) is 145 Å². The van der Waals surface area contributed by atoms with Gasteiger partial charge in [0, 0.05) is 5.69 Å². The predicted molar refractivity (Wildman–Crippen MR) is 297 cm³/mol. The lowest BCUT2D eigenvalue weighted by molar-refractivity contribution is -0.195. The minimum atomic E-state index is -3.95. The highest BCUT2D eigenvalue weighted by Crippen LogP contribution is 2.68. The van der Waals surface area contributed by atoms with Gasteiger partial charge in [-0.05, 0) is 128 Å². The Hall–Kier alpha value is -4.76. The lowest BCUT2D eigenvalue weighted by atomic mass is 9.41. The number of nitrogens with two attached hydrogens (primary N) is 1. The minimum absolute atomic E-state index is 0.0101. The van der Waals surface area contributed by atoms with E-state index in [1.54, 1.807) is 19.9 Å². The number of carbonyl (C=O) groups is 6. The van der Waals surface area contributed by atoms with E-state index < -0.39 is 105 Å². The zero-order valence-corrected chi connectivity index (χ0v) is 51.6. The number of aliphatic carboxylic acids is 1. The van der Waals surface area contributed by atoms with Crippen LogP contribution < -0.4 is 21.1 Å². The van der Waals surface area contributed by atoms with Crippen molar-refractivity contribution >= 4 is 51.5 Å². The molecule has 0 aromatic heterocycles. The summed E-state index contributed by atoms with van der Waals surface area (Å²) in [6.45, 7) is 44.6. The molecule has 0 bridgehead atoms. The Morgan fingerprint density at radius 3 is 1.29 bits per heavy atom. The van der Waals surface area contributed by atoms with Crippen LogP contribution in [0.4, 0.5) is 10.5 Å². The molecule has 0 aliphatic carbocycles. The summed E-state index contributed by atoms with van der Waals surface area (Å²) >= 11 is 0. The molecule has 6 N–H and O–H groups in total. The number of urea groups is 1. The van der Waals surface area contributed by atoms with Gasteiger partial charge in [0.2, 0.25) is 15.9 Å². The molecular weight excluding hydrogens is 991 g/mol. The van der Waals surface area contributed by atoms with E-state index in [0.29, 0.717) is 12.1 Å². The van der Waals surface area contributed by atoms with Gasteiger partial charge in [0.15, 0.2) is 0 Å². The molecule has 0 aliphatic rings. The van der Waals surface area contributed by atoms with E-state index in [4.69, 9.17) is 24.6 Å². The molecule has 4 unspecified atom stereocenters. The number of anilines is 1. The van der Waals surface area contributed by atoms with Gasteiger partial charge in [-0.15, -0.1) is 0 Å². The summed E-state index contributed by atoms with van der Waals surface area (Å²) in [5.74, 6) is -2.98. The highest BCUT2D eigenvalue weighted by molar-refractivity contribution is 7.89. The number of nitrogens with one attached hydrogen (secondary N) is 3. The first-order valence-corrected chi connectivity index (χ1v) is 28.0. The molecule has 0 aliphatic heterocycles. The van der Waals surface area contributed by atoms with Gasteiger partial charge in [-0.2, -0.15) is 5.26 Å². The minimum Gasteiger partial charge on any atom is -0.481 e.